The zero-order chi connectivity index (χ0) is 14.5. The van der Waals surface area contributed by atoms with Crippen molar-refractivity contribution in [1.29, 1.82) is 0 Å². The first-order chi connectivity index (χ1) is 8.90. The summed E-state index contributed by atoms with van der Waals surface area (Å²) in [6, 6.07) is 6.22. The van der Waals surface area contributed by atoms with Crippen molar-refractivity contribution in [2.75, 3.05) is 5.88 Å². The molecule has 0 aliphatic heterocycles. The Labute approximate surface area is 121 Å². The molecule has 0 aliphatic rings. The summed E-state index contributed by atoms with van der Waals surface area (Å²) >= 11 is 5.80. The van der Waals surface area contributed by atoms with Crippen LogP contribution in [0.3, 0.4) is 0 Å². The number of aryl methyl sites for hydroxylation is 2. The fraction of sp³-hybridized carbons (Fsp3) is 0.562. The molecule has 0 bridgehead atoms. The topological polar surface area (TPSA) is 29.1 Å². The number of amides is 1. The average molecular weight is 282 g/mol. The van der Waals surface area contributed by atoms with E-state index in [-0.39, 0.29) is 11.4 Å². The van der Waals surface area contributed by atoms with Crippen LogP contribution < -0.4 is 5.32 Å². The molecule has 3 heteroatoms. The van der Waals surface area contributed by atoms with Crippen LogP contribution in [0.1, 0.15) is 43.4 Å². The van der Waals surface area contributed by atoms with Crippen LogP contribution in [-0.2, 0) is 11.2 Å². The van der Waals surface area contributed by atoms with Crippen LogP contribution in [0.4, 0.5) is 0 Å². The minimum absolute atomic E-state index is 0.0724. The number of benzene rings is 1. The van der Waals surface area contributed by atoms with E-state index in [2.05, 4.69) is 37.4 Å². The van der Waals surface area contributed by atoms with Gasteiger partial charge in [-0.2, -0.15) is 0 Å². The van der Waals surface area contributed by atoms with Crippen molar-refractivity contribution in [2.45, 2.75) is 52.5 Å². The molecule has 0 heterocycles. The molecule has 1 aromatic rings. The van der Waals surface area contributed by atoms with E-state index in [9.17, 15) is 4.79 Å². The van der Waals surface area contributed by atoms with Gasteiger partial charge >= 0.3 is 0 Å². The number of carbonyl (C=O) groups is 1. The van der Waals surface area contributed by atoms with Crippen LogP contribution in [0, 0.1) is 13.8 Å². The third-order valence-corrected chi connectivity index (χ3v) is 3.91. The molecule has 1 aromatic carbocycles. The van der Waals surface area contributed by atoms with E-state index in [0.29, 0.717) is 12.3 Å². The molecule has 1 unspecified atom stereocenters. The van der Waals surface area contributed by atoms with Crippen molar-refractivity contribution in [1.82, 2.24) is 5.32 Å². The Bertz CT molecular complexity index is 444. The van der Waals surface area contributed by atoms with Crippen LogP contribution >= 0.6 is 11.6 Å². The Balaban J connectivity index is 2.72. The molecule has 106 valence electrons. The van der Waals surface area contributed by atoms with E-state index in [4.69, 9.17) is 11.6 Å². The summed E-state index contributed by atoms with van der Waals surface area (Å²) in [5, 5.41) is 3.12. The zero-order valence-corrected chi connectivity index (χ0v) is 13.1. The maximum absolute atomic E-state index is 12.2. The van der Waals surface area contributed by atoms with Gasteiger partial charge in [-0.3, -0.25) is 4.79 Å². The highest BCUT2D eigenvalue weighted by molar-refractivity contribution is 6.17. The first-order valence-corrected chi connectivity index (χ1v) is 7.37. The van der Waals surface area contributed by atoms with Gasteiger partial charge in [-0.25, -0.2) is 0 Å². The number of rotatable bonds is 6. The van der Waals surface area contributed by atoms with E-state index in [1.54, 1.807) is 0 Å². The third kappa shape index (κ3) is 4.87. The molecular weight excluding hydrogens is 258 g/mol. The maximum Gasteiger partial charge on any atom is 0.224 e. The molecule has 0 radical (unpaired) electrons. The number of carbonyl (C=O) groups excluding carboxylic acids is 1. The van der Waals surface area contributed by atoms with E-state index in [1.807, 2.05) is 13.8 Å². The maximum atomic E-state index is 12.2. The third-order valence-electron chi connectivity index (χ3n) is 3.72. The van der Waals surface area contributed by atoms with E-state index in [1.165, 1.54) is 5.56 Å². The smallest absolute Gasteiger partial charge is 0.224 e. The molecule has 0 aliphatic carbocycles. The Morgan fingerprint density at radius 1 is 1.37 bits per heavy atom. The molecule has 2 nitrogen and oxygen atoms in total. The van der Waals surface area contributed by atoms with Gasteiger partial charge in [-0.15, -0.1) is 11.6 Å². The van der Waals surface area contributed by atoms with Gasteiger partial charge in [0, 0.05) is 11.4 Å². The number of alkyl halides is 1. The lowest BCUT2D eigenvalue weighted by Gasteiger charge is -2.29. The Hall–Kier alpha value is -1.02. The first-order valence-electron chi connectivity index (χ1n) is 6.83. The van der Waals surface area contributed by atoms with Gasteiger partial charge in [0.1, 0.15) is 0 Å². The molecule has 1 N–H and O–H groups in total. The van der Waals surface area contributed by atoms with Crippen molar-refractivity contribution >= 4 is 17.5 Å². The molecule has 1 rings (SSSR count). The predicted molar refractivity (Wildman–Crippen MR) is 81.8 cm³/mol. The number of hydrogen-bond donors (Lipinski definition) is 1. The summed E-state index contributed by atoms with van der Waals surface area (Å²) in [6.45, 7) is 8.21. The predicted octanol–water partition coefficient (Wildman–Crippen LogP) is 3.76. The molecule has 0 saturated heterocycles. The Morgan fingerprint density at radius 3 is 2.63 bits per heavy atom. The molecular formula is C16H24ClNO. The van der Waals surface area contributed by atoms with Gasteiger partial charge in [0.05, 0.1) is 6.42 Å². The minimum atomic E-state index is -0.198. The van der Waals surface area contributed by atoms with Crippen LogP contribution in [-0.4, -0.2) is 17.3 Å². The van der Waals surface area contributed by atoms with Crippen molar-refractivity contribution in [3.63, 3.8) is 0 Å². The number of hydrogen-bond acceptors (Lipinski definition) is 1. The fourth-order valence-corrected chi connectivity index (χ4v) is 2.50. The van der Waals surface area contributed by atoms with Gasteiger partial charge in [0.25, 0.3) is 0 Å². The van der Waals surface area contributed by atoms with Gasteiger partial charge in [-0.1, -0.05) is 30.7 Å². The number of halogens is 1. The summed E-state index contributed by atoms with van der Waals surface area (Å²) in [7, 11) is 0. The second-order valence-corrected chi connectivity index (χ2v) is 5.89. The van der Waals surface area contributed by atoms with Gasteiger partial charge in [-0.05, 0) is 44.7 Å². The van der Waals surface area contributed by atoms with Crippen molar-refractivity contribution in [3.05, 3.63) is 34.9 Å². The first kappa shape index (κ1) is 16.0. The van der Waals surface area contributed by atoms with Crippen LogP contribution in [0.2, 0.25) is 0 Å². The molecule has 19 heavy (non-hydrogen) atoms. The van der Waals surface area contributed by atoms with E-state index in [0.717, 1.165) is 24.0 Å². The lowest BCUT2D eigenvalue weighted by molar-refractivity contribution is -0.122. The Kier molecular flexibility index (Phi) is 5.86. The van der Waals surface area contributed by atoms with Crippen molar-refractivity contribution < 1.29 is 4.79 Å². The molecule has 0 spiro atoms. The largest absolute Gasteiger partial charge is 0.351 e. The van der Waals surface area contributed by atoms with Crippen LogP contribution in [0.15, 0.2) is 18.2 Å². The summed E-state index contributed by atoms with van der Waals surface area (Å²) < 4.78 is 0. The second kappa shape index (κ2) is 6.95. The highest BCUT2D eigenvalue weighted by atomic mass is 35.5. The molecule has 1 amide bonds. The summed E-state index contributed by atoms with van der Waals surface area (Å²) in [5.74, 6) is 0.636. The Morgan fingerprint density at radius 2 is 2.05 bits per heavy atom. The molecule has 0 fully saturated rings. The zero-order valence-electron chi connectivity index (χ0n) is 12.3. The summed E-state index contributed by atoms with van der Waals surface area (Å²) in [4.78, 5) is 12.2. The quantitative estimate of drug-likeness (QED) is 0.791. The van der Waals surface area contributed by atoms with Gasteiger partial charge in [0.2, 0.25) is 5.91 Å². The van der Waals surface area contributed by atoms with Crippen LogP contribution in [0.25, 0.3) is 0 Å². The molecule has 0 aromatic heterocycles. The monoisotopic (exact) mass is 281 g/mol. The summed E-state index contributed by atoms with van der Waals surface area (Å²) in [5.41, 5.74) is 3.25. The fourth-order valence-electron chi connectivity index (χ4n) is 2.08. The van der Waals surface area contributed by atoms with Crippen molar-refractivity contribution in [3.8, 4) is 0 Å². The van der Waals surface area contributed by atoms with Gasteiger partial charge < -0.3 is 5.32 Å². The SMILES string of the molecule is CCC(C)(CCCl)NC(=O)Cc1cc(C)ccc1C. The molecule has 1 atom stereocenters. The van der Waals surface area contributed by atoms with Crippen molar-refractivity contribution in [2.24, 2.45) is 0 Å². The van der Waals surface area contributed by atoms with Crippen LogP contribution in [0.5, 0.6) is 0 Å². The second-order valence-electron chi connectivity index (χ2n) is 5.51. The highest BCUT2D eigenvalue weighted by Crippen LogP contribution is 2.17. The normalized spacial score (nSPS) is 13.9. The van der Waals surface area contributed by atoms with Gasteiger partial charge in [0.15, 0.2) is 0 Å². The average Bonchev–Trinajstić information content (AvgIpc) is 2.34. The molecule has 0 saturated carbocycles. The highest BCUT2D eigenvalue weighted by Gasteiger charge is 2.23. The minimum Gasteiger partial charge on any atom is -0.351 e. The number of nitrogens with one attached hydrogen (secondary N) is 1. The lowest BCUT2D eigenvalue weighted by Crippen LogP contribution is -2.46. The standard InChI is InChI=1S/C16H24ClNO/c1-5-16(4,8-9-17)18-15(19)11-14-10-12(2)6-7-13(14)3/h6-7,10H,5,8-9,11H2,1-4H3,(H,18,19). The lowest BCUT2D eigenvalue weighted by atomic mass is 9.94. The summed E-state index contributed by atoms with van der Waals surface area (Å²) in [6.07, 6.45) is 2.12. The van der Waals surface area contributed by atoms with E-state index >= 15 is 0 Å². The van der Waals surface area contributed by atoms with E-state index < -0.39 is 0 Å².